The predicted octanol–water partition coefficient (Wildman–Crippen LogP) is 5.74. The van der Waals surface area contributed by atoms with Gasteiger partial charge in [-0.05, 0) is 105 Å². The number of hydrogen-bond acceptors (Lipinski definition) is 10. The quantitative estimate of drug-likeness (QED) is 0.110. The largest absolute Gasteiger partial charge is 2.00 e. The summed E-state index contributed by atoms with van der Waals surface area (Å²) in [4.78, 5) is 48.0. The van der Waals surface area contributed by atoms with Crippen molar-refractivity contribution in [3.8, 4) is 0 Å². The molecule has 0 fully saturated rings. The van der Waals surface area contributed by atoms with E-state index in [0.717, 1.165) is 7.14 Å². The molecule has 4 aromatic rings. The zero-order valence-corrected chi connectivity index (χ0v) is 27.8. The van der Waals surface area contributed by atoms with Gasteiger partial charge in [0, 0.05) is 18.3 Å². The zero-order chi connectivity index (χ0) is 31.4. The van der Waals surface area contributed by atoms with Gasteiger partial charge in [0.1, 0.15) is 11.4 Å². The summed E-state index contributed by atoms with van der Waals surface area (Å²) >= 11 is 4.29. The first-order valence-electron chi connectivity index (χ1n) is 12.7. The van der Waals surface area contributed by atoms with E-state index in [1.807, 2.05) is 24.3 Å². The van der Waals surface area contributed by atoms with Crippen LogP contribution in [-0.4, -0.2) is 23.1 Å². The third-order valence-electron chi connectivity index (χ3n) is 6.29. The molecule has 0 aliphatic heterocycles. The van der Waals surface area contributed by atoms with Gasteiger partial charge in [0.05, 0.1) is 11.4 Å². The van der Waals surface area contributed by atoms with E-state index in [0.29, 0.717) is 11.4 Å². The van der Waals surface area contributed by atoms with E-state index >= 15 is 0 Å². The molecule has 13 heteroatoms. The molecule has 0 spiro atoms. The van der Waals surface area contributed by atoms with Crippen LogP contribution in [0.4, 0.5) is 11.4 Å². The Kier molecular flexibility index (Phi) is 11.0. The normalized spacial score (nSPS) is 14.3. The molecule has 0 amide bonds. The molecule has 0 heterocycles. The van der Waals surface area contributed by atoms with Crippen LogP contribution in [-0.2, 0) is 26.7 Å². The molecule has 2 aliphatic rings. The van der Waals surface area contributed by atoms with E-state index in [4.69, 9.17) is 0 Å². The SMILES string of the molecule is O=C1C(=O)c2ccccc2C([O-])=C1N=Nc1ccc(I)cc1.O=C1C(=O)c2ccccc2C([O-])=C1N=Nc1ccc(I)cc1.[Cu+2]. The molecule has 0 N–H and O–H groups in total. The van der Waals surface area contributed by atoms with Crippen LogP contribution in [0.15, 0.2) is 129 Å². The van der Waals surface area contributed by atoms with Crippen LogP contribution in [0.1, 0.15) is 31.8 Å². The Bertz CT molecular complexity index is 1830. The maximum absolute atomic E-state index is 12.3. The minimum atomic E-state index is -0.919. The zero-order valence-electron chi connectivity index (χ0n) is 22.5. The topological polar surface area (TPSA) is 164 Å². The number of fused-ring (bicyclic) bond motifs is 2. The number of benzene rings is 4. The maximum atomic E-state index is 12.3. The third-order valence-corrected chi connectivity index (χ3v) is 7.73. The number of Topliss-reactive ketones (excluding diaryl/α,β-unsaturated/α-hetero) is 4. The molecule has 0 aromatic heterocycles. The summed E-state index contributed by atoms with van der Waals surface area (Å²) in [5.74, 6) is -4.45. The Balaban J connectivity index is 0.000000200. The first-order chi connectivity index (χ1) is 21.2. The van der Waals surface area contributed by atoms with E-state index in [9.17, 15) is 29.4 Å². The summed E-state index contributed by atoms with van der Waals surface area (Å²) in [6, 6.07) is 26.5. The molecule has 6 rings (SSSR count). The Morgan fingerprint density at radius 3 is 1.07 bits per heavy atom. The first kappa shape index (κ1) is 33.7. The fourth-order valence-electron chi connectivity index (χ4n) is 4.09. The van der Waals surface area contributed by atoms with E-state index in [1.165, 1.54) is 24.3 Å². The second-order valence-corrected chi connectivity index (χ2v) is 11.6. The van der Waals surface area contributed by atoms with Gasteiger partial charge in [-0.1, -0.05) is 60.0 Å². The molecule has 2 aliphatic carbocycles. The van der Waals surface area contributed by atoms with Crippen molar-refractivity contribution in [2.75, 3.05) is 0 Å². The molecular formula is C32H16CuI2N4O6. The van der Waals surface area contributed by atoms with Gasteiger partial charge in [-0.25, -0.2) is 0 Å². The fourth-order valence-corrected chi connectivity index (χ4v) is 4.81. The number of azo groups is 2. The summed E-state index contributed by atoms with van der Waals surface area (Å²) in [6.45, 7) is 0. The maximum Gasteiger partial charge on any atom is 2.00 e. The van der Waals surface area contributed by atoms with Gasteiger partial charge < -0.3 is 10.2 Å². The van der Waals surface area contributed by atoms with Crippen LogP contribution in [0.2, 0.25) is 0 Å². The summed E-state index contributed by atoms with van der Waals surface area (Å²) in [7, 11) is 0. The van der Waals surface area contributed by atoms with Crippen LogP contribution in [0.25, 0.3) is 11.5 Å². The molecule has 1 radical (unpaired) electrons. The monoisotopic (exact) mass is 869 g/mol. The van der Waals surface area contributed by atoms with Crippen molar-refractivity contribution >= 4 is 91.2 Å². The Morgan fingerprint density at radius 2 is 0.733 bits per heavy atom. The van der Waals surface area contributed by atoms with Crippen molar-refractivity contribution in [3.63, 3.8) is 0 Å². The van der Waals surface area contributed by atoms with Crippen LogP contribution in [0, 0.1) is 7.14 Å². The predicted molar refractivity (Wildman–Crippen MR) is 173 cm³/mol. The van der Waals surface area contributed by atoms with E-state index in [-0.39, 0.29) is 39.3 Å². The fraction of sp³-hybridized carbons (Fsp3) is 0. The summed E-state index contributed by atoms with van der Waals surface area (Å²) in [5.41, 5.74) is 0.716. The minimum absolute atomic E-state index is 0. The molecule has 10 nitrogen and oxygen atoms in total. The molecular weight excluding hydrogens is 854 g/mol. The molecule has 0 saturated heterocycles. The number of nitrogens with zero attached hydrogens (tertiary/aromatic N) is 4. The number of carbonyl (C=O) groups is 4. The molecule has 4 aromatic carbocycles. The summed E-state index contributed by atoms with van der Waals surface area (Å²) in [5, 5.41) is 39.7. The van der Waals surface area contributed by atoms with Gasteiger partial charge in [0.2, 0.25) is 11.6 Å². The second kappa shape index (κ2) is 14.7. The van der Waals surface area contributed by atoms with Crippen molar-refractivity contribution in [1.29, 1.82) is 0 Å². The number of carbonyl (C=O) groups excluding carboxylic acids is 4. The van der Waals surface area contributed by atoms with Crippen LogP contribution < -0.4 is 10.2 Å². The van der Waals surface area contributed by atoms with Crippen molar-refractivity contribution in [2.24, 2.45) is 20.5 Å². The minimum Gasteiger partial charge on any atom is -0.870 e. The molecule has 0 unspecified atom stereocenters. The van der Waals surface area contributed by atoms with Gasteiger partial charge >= 0.3 is 17.1 Å². The summed E-state index contributed by atoms with van der Waals surface area (Å²) < 4.78 is 2.05. The second-order valence-electron chi connectivity index (χ2n) is 9.12. The number of halogens is 2. The smallest absolute Gasteiger partial charge is 0.870 e. The third kappa shape index (κ3) is 7.38. The molecule has 0 atom stereocenters. The molecule has 0 bridgehead atoms. The Hall–Kier alpha value is -4.18. The van der Waals surface area contributed by atoms with Gasteiger partial charge in [-0.3, -0.25) is 19.2 Å². The van der Waals surface area contributed by atoms with Gasteiger partial charge in [0.25, 0.3) is 11.6 Å². The number of ketones is 4. The average molecular weight is 870 g/mol. The van der Waals surface area contributed by atoms with E-state index in [2.05, 4.69) is 65.6 Å². The van der Waals surface area contributed by atoms with Crippen molar-refractivity contribution < 1.29 is 46.5 Å². The van der Waals surface area contributed by atoms with Crippen molar-refractivity contribution in [3.05, 3.63) is 138 Å². The van der Waals surface area contributed by atoms with Gasteiger partial charge in [0.15, 0.2) is 0 Å². The molecule has 45 heavy (non-hydrogen) atoms. The van der Waals surface area contributed by atoms with Crippen molar-refractivity contribution in [2.45, 2.75) is 0 Å². The van der Waals surface area contributed by atoms with Gasteiger partial charge in [-0.15, -0.1) is 10.2 Å². The van der Waals surface area contributed by atoms with Crippen LogP contribution in [0.5, 0.6) is 0 Å². The molecule has 225 valence electrons. The average Bonchev–Trinajstić information content (AvgIpc) is 3.04. The van der Waals surface area contributed by atoms with Crippen molar-refractivity contribution in [1.82, 2.24) is 0 Å². The van der Waals surface area contributed by atoms with Gasteiger partial charge in [-0.2, -0.15) is 10.2 Å². The Morgan fingerprint density at radius 1 is 0.422 bits per heavy atom. The van der Waals surface area contributed by atoms with Crippen LogP contribution in [0.3, 0.4) is 0 Å². The van der Waals surface area contributed by atoms with E-state index < -0.39 is 46.0 Å². The first-order valence-corrected chi connectivity index (χ1v) is 14.9. The van der Waals surface area contributed by atoms with Crippen LogP contribution >= 0.6 is 45.2 Å². The van der Waals surface area contributed by atoms with E-state index in [1.54, 1.807) is 48.5 Å². The Labute approximate surface area is 293 Å². The molecule has 0 saturated carbocycles. The number of allylic oxidation sites excluding steroid dienone is 2. The standard InChI is InChI=1S/2C16H9IN2O3.Cu/c2*17-9-5-7-10(8-6-9)18-19-13-14(20)11-3-1-2-4-12(11)15(21)16(13)22;/h2*1-8,20H;/q;;+2/p-2. The number of rotatable bonds is 4. The number of hydrogen-bond donors (Lipinski definition) is 0. The summed E-state index contributed by atoms with van der Waals surface area (Å²) in [6.07, 6.45) is 0.